The van der Waals surface area contributed by atoms with Gasteiger partial charge in [-0.2, -0.15) is 0 Å². The molecule has 0 heterocycles. The van der Waals surface area contributed by atoms with E-state index in [0.717, 1.165) is 0 Å². The van der Waals surface area contributed by atoms with E-state index in [2.05, 4.69) is 6.58 Å². The first-order chi connectivity index (χ1) is 7.04. The molecule has 0 saturated carbocycles. The van der Waals surface area contributed by atoms with Crippen LogP contribution in [0.15, 0.2) is 36.9 Å². The molecule has 0 bridgehead atoms. The van der Waals surface area contributed by atoms with Crippen LogP contribution in [0.4, 0.5) is 0 Å². The monoisotopic (exact) mass is 206 g/mol. The second kappa shape index (κ2) is 4.41. The second-order valence-electron chi connectivity index (χ2n) is 3.00. The van der Waals surface area contributed by atoms with Crippen molar-refractivity contribution in [2.45, 2.75) is 0 Å². The fourth-order valence-corrected chi connectivity index (χ4v) is 1.22. The van der Waals surface area contributed by atoms with E-state index in [0.29, 0.717) is 5.56 Å². The van der Waals surface area contributed by atoms with Crippen LogP contribution < -0.4 is 0 Å². The van der Waals surface area contributed by atoms with E-state index < -0.39 is 17.9 Å². The van der Waals surface area contributed by atoms with Gasteiger partial charge in [0.05, 0.1) is 0 Å². The highest BCUT2D eigenvalue weighted by atomic mass is 16.4. The topological polar surface area (TPSA) is 74.6 Å². The summed E-state index contributed by atoms with van der Waals surface area (Å²) < 4.78 is 0. The smallest absolute Gasteiger partial charge is 0.322 e. The van der Waals surface area contributed by atoms with Crippen molar-refractivity contribution in [3.8, 4) is 0 Å². The van der Waals surface area contributed by atoms with E-state index in [1.54, 1.807) is 30.3 Å². The van der Waals surface area contributed by atoms with Gasteiger partial charge in [-0.1, -0.05) is 36.9 Å². The zero-order valence-electron chi connectivity index (χ0n) is 7.88. The van der Waals surface area contributed by atoms with E-state index in [4.69, 9.17) is 10.2 Å². The Bertz CT molecular complexity index is 380. The van der Waals surface area contributed by atoms with Crippen LogP contribution in [0.25, 0.3) is 5.57 Å². The van der Waals surface area contributed by atoms with Crippen LogP contribution in [0.2, 0.25) is 0 Å². The van der Waals surface area contributed by atoms with Crippen molar-refractivity contribution in [3.63, 3.8) is 0 Å². The molecule has 0 aliphatic heterocycles. The summed E-state index contributed by atoms with van der Waals surface area (Å²) in [4.78, 5) is 21.4. The largest absolute Gasteiger partial charge is 0.480 e. The van der Waals surface area contributed by atoms with Gasteiger partial charge in [-0.05, 0) is 11.1 Å². The van der Waals surface area contributed by atoms with Crippen LogP contribution in [0.1, 0.15) is 5.56 Å². The van der Waals surface area contributed by atoms with E-state index >= 15 is 0 Å². The Morgan fingerprint density at radius 3 is 1.93 bits per heavy atom. The SMILES string of the molecule is C=C(c1ccccc1)C(C(=O)O)C(=O)O. The number of aliphatic carboxylic acids is 2. The highest BCUT2D eigenvalue weighted by molar-refractivity contribution is 6.04. The predicted octanol–water partition coefficient (Wildman–Crippen LogP) is 1.49. The van der Waals surface area contributed by atoms with Crippen LogP contribution >= 0.6 is 0 Å². The third-order valence-electron chi connectivity index (χ3n) is 1.99. The summed E-state index contributed by atoms with van der Waals surface area (Å²) in [5.74, 6) is -4.40. The molecule has 2 N–H and O–H groups in total. The van der Waals surface area contributed by atoms with Gasteiger partial charge < -0.3 is 10.2 Å². The summed E-state index contributed by atoms with van der Waals surface area (Å²) in [7, 11) is 0. The Morgan fingerprint density at radius 2 is 1.53 bits per heavy atom. The van der Waals surface area contributed by atoms with Gasteiger partial charge in [-0.15, -0.1) is 0 Å². The Hall–Kier alpha value is -2.10. The second-order valence-corrected chi connectivity index (χ2v) is 3.00. The summed E-state index contributed by atoms with van der Waals surface area (Å²) in [6.45, 7) is 3.51. The molecule has 0 atom stereocenters. The maximum atomic E-state index is 10.7. The molecule has 1 rings (SSSR count). The van der Waals surface area contributed by atoms with Crippen LogP contribution in [0.3, 0.4) is 0 Å². The molecule has 0 aliphatic rings. The molecule has 0 spiro atoms. The summed E-state index contributed by atoms with van der Waals surface area (Å²) >= 11 is 0. The van der Waals surface area contributed by atoms with Crippen molar-refractivity contribution in [1.82, 2.24) is 0 Å². The van der Waals surface area contributed by atoms with Gasteiger partial charge in [-0.25, -0.2) is 0 Å². The Morgan fingerprint density at radius 1 is 1.07 bits per heavy atom. The van der Waals surface area contributed by atoms with Gasteiger partial charge in [0.2, 0.25) is 0 Å². The number of hydrogen-bond acceptors (Lipinski definition) is 2. The summed E-state index contributed by atoms with van der Waals surface area (Å²) in [5.41, 5.74) is 0.600. The van der Waals surface area contributed by atoms with Gasteiger partial charge in [0.15, 0.2) is 5.92 Å². The molecular formula is C11H10O4. The molecule has 1 aromatic rings. The number of carboxylic acids is 2. The molecule has 0 aromatic heterocycles. The lowest BCUT2D eigenvalue weighted by molar-refractivity contribution is -0.151. The average Bonchev–Trinajstić information content (AvgIpc) is 2.18. The van der Waals surface area contributed by atoms with Crippen LogP contribution in [-0.4, -0.2) is 22.2 Å². The fourth-order valence-electron chi connectivity index (χ4n) is 1.22. The normalized spacial score (nSPS) is 9.93. The molecular weight excluding hydrogens is 196 g/mol. The van der Waals surface area contributed by atoms with Crippen LogP contribution in [0.5, 0.6) is 0 Å². The summed E-state index contributed by atoms with van der Waals surface area (Å²) in [5, 5.41) is 17.5. The molecule has 1 aromatic carbocycles. The number of benzene rings is 1. The lowest BCUT2D eigenvalue weighted by atomic mass is 9.94. The van der Waals surface area contributed by atoms with Crippen LogP contribution in [-0.2, 0) is 9.59 Å². The standard InChI is InChI=1S/C11H10O4/c1-7(8-5-3-2-4-6-8)9(10(12)13)11(14)15/h2-6,9H,1H2,(H,12,13)(H,14,15). The third-order valence-corrected chi connectivity index (χ3v) is 1.99. The zero-order valence-corrected chi connectivity index (χ0v) is 7.88. The minimum Gasteiger partial charge on any atom is -0.480 e. The molecule has 0 aliphatic carbocycles. The Kier molecular flexibility index (Phi) is 3.23. The third kappa shape index (κ3) is 2.43. The minimum absolute atomic E-state index is 0.0793. The van der Waals surface area contributed by atoms with E-state index in [1.165, 1.54) is 0 Å². The molecule has 4 nitrogen and oxygen atoms in total. The summed E-state index contributed by atoms with van der Waals surface area (Å²) in [6.07, 6.45) is 0. The van der Waals surface area contributed by atoms with Crippen molar-refractivity contribution in [3.05, 3.63) is 42.5 Å². The van der Waals surface area contributed by atoms with Crippen molar-refractivity contribution in [2.24, 2.45) is 5.92 Å². The van der Waals surface area contributed by atoms with Crippen molar-refractivity contribution < 1.29 is 19.8 Å². The number of carboxylic acid groups (broad SMARTS) is 2. The zero-order chi connectivity index (χ0) is 11.4. The molecule has 0 amide bonds. The first-order valence-corrected chi connectivity index (χ1v) is 4.24. The Balaban J connectivity index is 3.02. The molecule has 0 unspecified atom stereocenters. The van der Waals surface area contributed by atoms with Gasteiger partial charge in [0.1, 0.15) is 0 Å². The fraction of sp³-hybridized carbons (Fsp3) is 0.0909. The first-order valence-electron chi connectivity index (χ1n) is 4.24. The lowest BCUT2D eigenvalue weighted by Gasteiger charge is -2.10. The Labute approximate surface area is 86.5 Å². The first kappa shape index (κ1) is 11.0. The maximum absolute atomic E-state index is 10.7. The highest BCUT2D eigenvalue weighted by Crippen LogP contribution is 2.21. The molecule has 4 heteroatoms. The molecule has 0 radical (unpaired) electrons. The summed E-state index contributed by atoms with van der Waals surface area (Å²) in [6, 6.07) is 8.40. The predicted molar refractivity (Wildman–Crippen MR) is 54.2 cm³/mol. The van der Waals surface area contributed by atoms with E-state index in [1.807, 2.05) is 0 Å². The van der Waals surface area contributed by atoms with Crippen molar-refractivity contribution >= 4 is 17.5 Å². The minimum atomic E-state index is -1.59. The van der Waals surface area contributed by atoms with Crippen molar-refractivity contribution in [1.29, 1.82) is 0 Å². The van der Waals surface area contributed by atoms with Crippen LogP contribution in [0, 0.1) is 5.92 Å². The average molecular weight is 206 g/mol. The molecule has 0 saturated heterocycles. The number of carbonyl (C=O) groups is 2. The van der Waals surface area contributed by atoms with Crippen molar-refractivity contribution in [2.75, 3.05) is 0 Å². The highest BCUT2D eigenvalue weighted by Gasteiger charge is 2.29. The maximum Gasteiger partial charge on any atom is 0.322 e. The lowest BCUT2D eigenvalue weighted by Crippen LogP contribution is -2.24. The molecule has 0 fully saturated rings. The van der Waals surface area contributed by atoms with Gasteiger partial charge in [0.25, 0.3) is 0 Å². The van der Waals surface area contributed by atoms with E-state index in [-0.39, 0.29) is 5.57 Å². The molecule has 78 valence electrons. The van der Waals surface area contributed by atoms with E-state index in [9.17, 15) is 9.59 Å². The number of hydrogen-bond donors (Lipinski definition) is 2. The number of rotatable bonds is 4. The van der Waals surface area contributed by atoms with Gasteiger partial charge in [-0.3, -0.25) is 9.59 Å². The molecule has 15 heavy (non-hydrogen) atoms. The van der Waals surface area contributed by atoms with Gasteiger partial charge >= 0.3 is 11.9 Å². The van der Waals surface area contributed by atoms with Gasteiger partial charge in [0, 0.05) is 0 Å². The quantitative estimate of drug-likeness (QED) is 0.732.